The van der Waals surface area contributed by atoms with Crippen LogP contribution in [0.2, 0.25) is 0 Å². The topological polar surface area (TPSA) is 17.1 Å². The van der Waals surface area contributed by atoms with Crippen LogP contribution in [0.5, 0.6) is 0 Å². The maximum absolute atomic E-state index is 11.9. The highest BCUT2D eigenvalue weighted by Gasteiger charge is 2.01. The molecule has 96 valence electrons. The van der Waals surface area contributed by atoms with Gasteiger partial charge in [-0.25, -0.2) is 0 Å². The molecule has 0 saturated heterocycles. The Hall–Kier alpha value is -0.630. The van der Waals surface area contributed by atoms with Crippen LogP contribution in [0.25, 0.3) is 0 Å². The van der Waals surface area contributed by atoms with Gasteiger partial charge in [0.2, 0.25) is 0 Å². The molecule has 0 spiro atoms. The van der Waals surface area contributed by atoms with Crippen LogP contribution < -0.4 is 0 Å². The Morgan fingerprint density at radius 1 is 0.882 bits per heavy atom. The highest BCUT2D eigenvalue weighted by Crippen LogP contribution is 2.10. The zero-order chi connectivity index (χ0) is 12.3. The van der Waals surface area contributed by atoms with E-state index in [1.54, 1.807) is 0 Å². The Labute approximate surface area is 108 Å². The summed E-state index contributed by atoms with van der Waals surface area (Å²) in [6.07, 6.45) is 8.97. The molecule has 0 aromatic heterocycles. The van der Waals surface area contributed by atoms with Crippen LogP contribution in [-0.2, 0) is 10.8 Å². The first-order valence-electron chi connectivity index (χ1n) is 6.78. The van der Waals surface area contributed by atoms with Gasteiger partial charge in [-0.3, -0.25) is 4.21 Å². The van der Waals surface area contributed by atoms with Crippen molar-refractivity contribution >= 4 is 10.8 Å². The van der Waals surface area contributed by atoms with E-state index in [1.165, 1.54) is 38.5 Å². The number of hydrogen-bond acceptors (Lipinski definition) is 1. The van der Waals surface area contributed by atoms with Gasteiger partial charge < -0.3 is 0 Å². The molecule has 1 aromatic rings. The van der Waals surface area contributed by atoms with E-state index in [0.29, 0.717) is 0 Å². The quantitative estimate of drug-likeness (QED) is 0.589. The van der Waals surface area contributed by atoms with Crippen molar-refractivity contribution in [3.05, 3.63) is 30.3 Å². The minimum Gasteiger partial charge on any atom is -0.254 e. The second-order valence-electron chi connectivity index (χ2n) is 4.48. The molecule has 1 rings (SSSR count). The molecule has 0 saturated carbocycles. The van der Waals surface area contributed by atoms with E-state index in [4.69, 9.17) is 0 Å². The lowest BCUT2D eigenvalue weighted by Gasteiger charge is -2.02. The molecule has 0 fully saturated rings. The molecule has 1 aromatic carbocycles. The second kappa shape index (κ2) is 9.41. The molecular weight excluding hydrogens is 228 g/mol. The molecule has 0 aliphatic carbocycles. The van der Waals surface area contributed by atoms with Crippen LogP contribution >= 0.6 is 0 Å². The van der Waals surface area contributed by atoms with Crippen LogP contribution in [0.4, 0.5) is 0 Å². The summed E-state index contributed by atoms with van der Waals surface area (Å²) in [6, 6.07) is 9.79. The van der Waals surface area contributed by atoms with Crippen molar-refractivity contribution in [1.82, 2.24) is 0 Å². The van der Waals surface area contributed by atoms with Crippen molar-refractivity contribution in [2.75, 3.05) is 5.75 Å². The van der Waals surface area contributed by atoms with Crippen molar-refractivity contribution in [1.29, 1.82) is 0 Å². The zero-order valence-corrected chi connectivity index (χ0v) is 11.7. The maximum atomic E-state index is 11.9. The summed E-state index contributed by atoms with van der Waals surface area (Å²) in [6.45, 7) is 2.24. The third-order valence-corrected chi connectivity index (χ3v) is 4.40. The maximum Gasteiger partial charge on any atom is 0.0529 e. The fourth-order valence-electron chi connectivity index (χ4n) is 1.88. The lowest BCUT2D eigenvalue weighted by Crippen LogP contribution is -1.97. The van der Waals surface area contributed by atoms with Gasteiger partial charge in [-0.2, -0.15) is 0 Å². The molecule has 0 aliphatic rings. The average Bonchev–Trinajstić information content (AvgIpc) is 2.38. The molecule has 0 bridgehead atoms. The average molecular weight is 252 g/mol. The van der Waals surface area contributed by atoms with Gasteiger partial charge in [0, 0.05) is 10.6 Å². The fraction of sp³-hybridized carbons (Fsp3) is 0.600. The third kappa shape index (κ3) is 6.62. The summed E-state index contributed by atoms with van der Waals surface area (Å²) >= 11 is 0. The van der Waals surface area contributed by atoms with Crippen LogP contribution in [0.3, 0.4) is 0 Å². The molecule has 0 aliphatic heterocycles. The first kappa shape index (κ1) is 14.4. The van der Waals surface area contributed by atoms with Crippen LogP contribution in [0.15, 0.2) is 35.2 Å². The Balaban J connectivity index is 2.05. The highest BCUT2D eigenvalue weighted by molar-refractivity contribution is 7.85. The number of rotatable bonds is 9. The largest absolute Gasteiger partial charge is 0.254 e. The van der Waals surface area contributed by atoms with Gasteiger partial charge in [0.15, 0.2) is 0 Å². The Bertz CT molecular complexity index is 308. The zero-order valence-electron chi connectivity index (χ0n) is 10.9. The summed E-state index contributed by atoms with van der Waals surface area (Å²) in [5.41, 5.74) is 0. The van der Waals surface area contributed by atoms with Crippen molar-refractivity contribution in [2.24, 2.45) is 0 Å². The molecule has 2 heteroatoms. The molecule has 17 heavy (non-hydrogen) atoms. The predicted octanol–water partition coefficient (Wildman–Crippen LogP) is 4.54. The van der Waals surface area contributed by atoms with Crippen LogP contribution in [0, 0.1) is 0 Å². The molecule has 0 amide bonds. The van der Waals surface area contributed by atoms with Crippen molar-refractivity contribution in [3.8, 4) is 0 Å². The normalized spacial score (nSPS) is 12.5. The van der Waals surface area contributed by atoms with E-state index >= 15 is 0 Å². The Morgan fingerprint density at radius 3 is 2.12 bits per heavy atom. The first-order valence-corrected chi connectivity index (χ1v) is 8.10. The molecule has 0 heterocycles. The summed E-state index contributed by atoms with van der Waals surface area (Å²) < 4.78 is 11.9. The van der Waals surface area contributed by atoms with Crippen LogP contribution in [0.1, 0.15) is 51.9 Å². The van der Waals surface area contributed by atoms with Gasteiger partial charge in [-0.05, 0) is 18.6 Å². The van der Waals surface area contributed by atoms with Gasteiger partial charge in [0.05, 0.1) is 10.8 Å². The minimum atomic E-state index is -0.792. The van der Waals surface area contributed by atoms with Gasteiger partial charge in [0.1, 0.15) is 0 Å². The fourth-order valence-corrected chi connectivity index (χ4v) is 3.04. The molecule has 0 N–H and O–H groups in total. The number of hydrogen-bond donors (Lipinski definition) is 0. The van der Waals surface area contributed by atoms with E-state index in [1.807, 2.05) is 30.3 Å². The third-order valence-electron chi connectivity index (χ3n) is 2.94. The molecule has 0 radical (unpaired) electrons. The van der Waals surface area contributed by atoms with E-state index in [-0.39, 0.29) is 0 Å². The first-order chi connectivity index (χ1) is 8.34. The lowest BCUT2D eigenvalue weighted by molar-refractivity contribution is 0.601. The lowest BCUT2D eigenvalue weighted by atomic mass is 10.1. The minimum absolute atomic E-state index is 0.792. The highest BCUT2D eigenvalue weighted by atomic mass is 32.2. The van der Waals surface area contributed by atoms with Crippen molar-refractivity contribution in [2.45, 2.75) is 56.8 Å². The van der Waals surface area contributed by atoms with Gasteiger partial charge in [-0.1, -0.05) is 63.6 Å². The van der Waals surface area contributed by atoms with Crippen molar-refractivity contribution < 1.29 is 4.21 Å². The van der Waals surface area contributed by atoms with Crippen molar-refractivity contribution in [3.63, 3.8) is 0 Å². The molecule has 1 nitrogen and oxygen atoms in total. The summed E-state index contributed by atoms with van der Waals surface area (Å²) in [5.74, 6) is 0.817. The summed E-state index contributed by atoms with van der Waals surface area (Å²) in [5, 5.41) is 0. The smallest absolute Gasteiger partial charge is 0.0529 e. The number of unbranched alkanes of at least 4 members (excludes halogenated alkanes) is 6. The SMILES string of the molecule is CCCCCCCCCS(=O)c1ccccc1. The molecule has 1 atom stereocenters. The summed E-state index contributed by atoms with van der Waals surface area (Å²) in [7, 11) is -0.792. The standard InChI is InChI=1S/C15H24OS/c1-2-3-4-5-6-7-11-14-17(16)15-12-9-8-10-13-15/h8-10,12-13H,2-7,11,14H2,1H3. The molecular formula is C15H24OS. The van der Waals surface area contributed by atoms with Gasteiger partial charge >= 0.3 is 0 Å². The van der Waals surface area contributed by atoms with E-state index < -0.39 is 10.8 Å². The van der Waals surface area contributed by atoms with E-state index in [2.05, 4.69) is 6.92 Å². The number of benzene rings is 1. The Kier molecular flexibility index (Phi) is 7.98. The predicted molar refractivity (Wildman–Crippen MR) is 75.7 cm³/mol. The van der Waals surface area contributed by atoms with Crippen LogP contribution in [-0.4, -0.2) is 9.96 Å². The monoisotopic (exact) mass is 252 g/mol. The van der Waals surface area contributed by atoms with E-state index in [9.17, 15) is 4.21 Å². The van der Waals surface area contributed by atoms with E-state index in [0.717, 1.165) is 17.1 Å². The second-order valence-corrected chi connectivity index (χ2v) is 6.05. The molecule has 1 unspecified atom stereocenters. The Morgan fingerprint density at radius 2 is 1.47 bits per heavy atom. The summed E-state index contributed by atoms with van der Waals surface area (Å²) in [4.78, 5) is 0.971. The van der Waals surface area contributed by atoms with Gasteiger partial charge in [-0.15, -0.1) is 0 Å². The van der Waals surface area contributed by atoms with Gasteiger partial charge in [0.25, 0.3) is 0 Å².